The van der Waals surface area contributed by atoms with E-state index in [1.54, 1.807) is 11.3 Å². The van der Waals surface area contributed by atoms with Crippen molar-refractivity contribution < 1.29 is 9.53 Å². The molecule has 4 nitrogen and oxygen atoms in total. The van der Waals surface area contributed by atoms with Gasteiger partial charge < -0.3 is 10.1 Å². The molecule has 21 heavy (non-hydrogen) atoms. The first-order chi connectivity index (χ1) is 10.2. The number of hydrogen-bond donors (Lipinski definition) is 1. The number of hydrogen-bond acceptors (Lipinski definition) is 4. The predicted molar refractivity (Wildman–Crippen MR) is 86.7 cm³/mol. The minimum atomic E-state index is 0.153. The summed E-state index contributed by atoms with van der Waals surface area (Å²) >= 11 is 1.68. The first-order valence-corrected chi connectivity index (χ1v) is 8.70. The summed E-state index contributed by atoms with van der Waals surface area (Å²) in [4.78, 5) is 14.4. The largest absolute Gasteiger partial charge is 0.379 e. The van der Waals surface area contributed by atoms with Gasteiger partial charge in [0.15, 0.2) is 0 Å². The van der Waals surface area contributed by atoms with Gasteiger partial charge in [-0.05, 0) is 34.7 Å². The standard InChI is InChI=1S/C16H26N2O2S/c1-13(2)15(18-6-8-20-9-7-18)11-17-16(19)4-3-14-5-10-21-12-14/h5,10,12-13,15H,3-4,6-9,11H2,1-2H3,(H,17,19). The third-order valence-electron chi connectivity index (χ3n) is 4.01. The second kappa shape index (κ2) is 8.51. The number of morpholine rings is 1. The molecule has 1 atom stereocenters. The Hall–Kier alpha value is -0.910. The summed E-state index contributed by atoms with van der Waals surface area (Å²) in [5, 5.41) is 7.27. The highest BCUT2D eigenvalue weighted by molar-refractivity contribution is 7.07. The van der Waals surface area contributed by atoms with Crippen LogP contribution in [0, 0.1) is 5.92 Å². The first-order valence-electron chi connectivity index (χ1n) is 7.76. The zero-order chi connectivity index (χ0) is 15.1. The van der Waals surface area contributed by atoms with E-state index in [4.69, 9.17) is 4.74 Å². The van der Waals surface area contributed by atoms with Crippen molar-refractivity contribution >= 4 is 17.2 Å². The van der Waals surface area contributed by atoms with Crippen molar-refractivity contribution in [2.75, 3.05) is 32.8 Å². The summed E-state index contributed by atoms with van der Waals surface area (Å²) in [5.41, 5.74) is 1.25. The molecule has 1 aromatic rings. The Morgan fingerprint density at radius 1 is 1.43 bits per heavy atom. The van der Waals surface area contributed by atoms with E-state index in [-0.39, 0.29) is 5.91 Å². The van der Waals surface area contributed by atoms with E-state index >= 15 is 0 Å². The van der Waals surface area contributed by atoms with Crippen LogP contribution in [0.25, 0.3) is 0 Å². The smallest absolute Gasteiger partial charge is 0.220 e. The molecule has 1 N–H and O–H groups in total. The van der Waals surface area contributed by atoms with Crippen molar-refractivity contribution in [2.24, 2.45) is 5.92 Å². The first kappa shape index (κ1) is 16.5. The van der Waals surface area contributed by atoms with Gasteiger partial charge in [0.25, 0.3) is 0 Å². The number of aryl methyl sites for hydroxylation is 1. The van der Waals surface area contributed by atoms with Gasteiger partial charge in [-0.1, -0.05) is 13.8 Å². The topological polar surface area (TPSA) is 41.6 Å². The van der Waals surface area contributed by atoms with Crippen molar-refractivity contribution in [2.45, 2.75) is 32.7 Å². The fraction of sp³-hybridized carbons (Fsp3) is 0.688. The van der Waals surface area contributed by atoms with Gasteiger partial charge in [0.05, 0.1) is 13.2 Å². The van der Waals surface area contributed by atoms with Crippen molar-refractivity contribution in [3.63, 3.8) is 0 Å². The van der Waals surface area contributed by atoms with Crippen LogP contribution in [0.4, 0.5) is 0 Å². The Morgan fingerprint density at radius 2 is 2.19 bits per heavy atom. The summed E-state index contributed by atoms with van der Waals surface area (Å²) in [6, 6.07) is 2.49. The van der Waals surface area contributed by atoms with E-state index in [9.17, 15) is 4.79 Å². The third-order valence-corrected chi connectivity index (χ3v) is 4.75. The zero-order valence-electron chi connectivity index (χ0n) is 13.0. The van der Waals surface area contributed by atoms with E-state index in [1.807, 2.05) is 0 Å². The highest BCUT2D eigenvalue weighted by atomic mass is 32.1. The van der Waals surface area contributed by atoms with E-state index in [0.717, 1.165) is 39.3 Å². The van der Waals surface area contributed by atoms with E-state index in [2.05, 4.69) is 40.9 Å². The van der Waals surface area contributed by atoms with E-state index < -0.39 is 0 Å². The van der Waals surface area contributed by atoms with Crippen LogP contribution in [0.1, 0.15) is 25.8 Å². The molecule has 0 bridgehead atoms. The number of ether oxygens (including phenoxy) is 1. The van der Waals surface area contributed by atoms with Crippen LogP contribution in [0.15, 0.2) is 16.8 Å². The zero-order valence-corrected chi connectivity index (χ0v) is 13.8. The fourth-order valence-corrected chi connectivity index (χ4v) is 3.40. The molecule has 1 unspecified atom stereocenters. The van der Waals surface area contributed by atoms with Gasteiger partial charge in [0, 0.05) is 32.1 Å². The SMILES string of the molecule is CC(C)C(CNC(=O)CCc1ccsc1)N1CCOCC1. The van der Waals surface area contributed by atoms with Crippen LogP contribution in [-0.4, -0.2) is 49.7 Å². The second-order valence-corrected chi connectivity index (χ2v) is 6.68. The van der Waals surface area contributed by atoms with Crippen LogP contribution >= 0.6 is 11.3 Å². The van der Waals surface area contributed by atoms with Crippen molar-refractivity contribution in [1.29, 1.82) is 0 Å². The molecule has 0 saturated carbocycles. The van der Waals surface area contributed by atoms with Crippen LogP contribution in [0.2, 0.25) is 0 Å². The predicted octanol–water partition coefficient (Wildman–Crippen LogP) is 2.15. The summed E-state index contributed by atoms with van der Waals surface area (Å²) in [5.74, 6) is 0.681. The van der Waals surface area contributed by atoms with Gasteiger partial charge in [-0.3, -0.25) is 9.69 Å². The Bertz CT molecular complexity index is 414. The number of nitrogens with zero attached hydrogens (tertiary/aromatic N) is 1. The molecule has 2 heterocycles. The molecular formula is C16H26N2O2S. The van der Waals surface area contributed by atoms with E-state index in [0.29, 0.717) is 18.4 Å². The number of rotatable bonds is 7. The Labute approximate surface area is 131 Å². The maximum absolute atomic E-state index is 12.0. The quantitative estimate of drug-likeness (QED) is 0.839. The minimum Gasteiger partial charge on any atom is -0.379 e. The molecular weight excluding hydrogens is 284 g/mol. The minimum absolute atomic E-state index is 0.153. The molecule has 1 aliphatic rings. The lowest BCUT2D eigenvalue weighted by molar-refractivity contribution is -0.121. The average Bonchev–Trinajstić information content (AvgIpc) is 2.99. The monoisotopic (exact) mass is 310 g/mol. The third kappa shape index (κ3) is 5.41. The van der Waals surface area contributed by atoms with Crippen LogP contribution in [0.3, 0.4) is 0 Å². The van der Waals surface area contributed by atoms with Gasteiger partial charge in [-0.25, -0.2) is 0 Å². The second-order valence-electron chi connectivity index (χ2n) is 5.90. The van der Waals surface area contributed by atoms with Crippen molar-refractivity contribution in [1.82, 2.24) is 10.2 Å². The lowest BCUT2D eigenvalue weighted by Gasteiger charge is -2.36. The Kier molecular flexibility index (Phi) is 6.67. The molecule has 1 aliphatic heterocycles. The van der Waals surface area contributed by atoms with Gasteiger partial charge in [-0.15, -0.1) is 0 Å². The van der Waals surface area contributed by atoms with Gasteiger partial charge >= 0.3 is 0 Å². The van der Waals surface area contributed by atoms with E-state index in [1.165, 1.54) is 5.56 Å². The molecule has 0 spiro atoms. The average molecular weight is 310 g/mol. The summed E-state index contributed by atoms with van der Waals surface area (Å²) in [6.45, 7) is 8.71. The molecule has 1 fully saturated rings. The van der Waals surface area contributed by atoms with Crippen molar-refractivity contribution in [3.05, 3.63) is 22.4 Å². The molecule has 1 amide bonds. The molecule has 0 aliphatic carbocycles. The summed E-state index contributed by atoms with van der Waals surface area (Å²) < 4.78 is 5.41. The fourth-order valence-electron chi connectivity index (χ4n) is 2.70. The number of amides is 1. The van der Waals surface area contributed by atoms with Gasteiger partial charge in [0.2, 0.25) is 5.91 Å². The highest BCUT2D eigenvalue weighted by Crippen LogP contribution is 2.12. The molecule has 1 aromatic heterocycles. The maximum Gasteiger partial charge on any atom is 0.220 e. The molecule has 0 radical (unpaired) electrons. The van der Waals surface area contributed by atoms with Gasteiger partial charge in [0.1, 0.15) is 0 Å². The molecule has 2 rings (SSSR count). The Balaban J connectivity index is 1.74. The summed E-state index contributed by atoms with van der Waals surface area (Å²) in [7, 11) is 0. The molecule has 0 aromatic carbocycles. The van der Waals surface area contributed by atoms with Crippen LogP contribution in [0.5, 0.6) is 0 Å². The van der Waals surface area contributed by atoms with Crippen molar-refractivity contribution in [3.8, 4) is 0 Å². The van der Waals surface area contributed by atoms with Crippen LogP contribution in [-0.2, 0) is 16.0 Å². The lowest BCUT2D eigenvalue weighted by atomic mass is 10.0. The number of carbonyl (C=O) groups is 1. The van der Waals surface area contributed by atoms with Crippen LogP contribution < -0.4 is 5.32 Å². The number of nitrogens with one attached hydrogen (secondary N) is 1. The molecule has 5 heteroatoms. The summed E-state index contributed by atoms with van der Waals surface area (Å²) in [6.07, 6.45) is 1.41. The number of thiophene rings is 1. The van der Waals surface area contributed by atoms with Gasteiger partial charge in [-0.2, -0.15) is 11.3 Å². The molecule has 1 saturated heterocycles. The number of carbonyl (C=O) groups excluding carboxylic acids is 1. The molecule has 118 valence electrons. The normalized spacial score (nSPS) is 17.9. The Morgan fingerprint density at radius 3 is 2.81 bits per heavy atom. The maximum atomic E-state index is 12.0. The highest BCUT2D eigenvalue weighted by Gasteiger charge is 2.24. The lowest BCUT2D eigenvalue weighted by Crippen LogP contribution is -2.51.